The molecule has 0 aromatic rings. The van der Waals surface area contributed by atoms with Gasteiger partial charge in [-0.2, -0.15) is 0 Å². The smallest absolute Gasteiger partial charge is 0.191 e. The average molecular weight is 399 g/mol. The van der Waals surface area contributed by atoms with Crippen molar-refractivity contribution in [1.82, 2.24) is 10.6 Å². The minimum atomic E-state index is 0. The number of rotatable bonds is 9. The molecule has 0 spiro atoms. The molecule has 2 N–H and O–H groups in total. The predicted octanol–water partition coefficient (Wildman–Crippen LogP) is 2.16. The van der Waals surface area contributed by atoms with E-state index in [2.05, 4.69) is 22.5 Å². The van der Waals surface area contributed by atoms with Gasteiger partial charge in [0.05, 0.1) is 12.7 Å². The Morgan fingerprint density at radius 3 is 2.60 bits per heavy atom. The molecule has 0 bridgehead atoms. The number of halogens is 1. The van der Waals surface area contributed by atoms with Crippen LogP contribution in [0.5, 0.6) is 0 Å². The molecule has 120 valence electrons. The van der Waals surface area contributed by atoms with Gasteiger partial charge in [0.2, 0.25) is 0 Å². The van der Waals surface area contributed by atoms with Crippen molar-refractivity contribution in [3.05, 3.63) is 0 Å². The van der Waals surface area contributed by atoms with Gasteiger partial charge in [0, 0.05) is 33.4 Å². The van der Waals surface area contributed by atoms with Gasteiger partial charge in [0.25, 0.3) is 0 Å². The molecule has 1 rings (SSSR count). The highest BCUT2D eigenvalue weighted by molar-refractivity contribution is 14.0. The van der Waals surface area contributed by atoms with Crippen LogP contribution < -0.4 is 10.6 Å². The van der Waals surface area contributed by atoms with Crippen LogP contribution in [0.3, 0.4) is 0 Å². The maximum atomic E-state index is 5.81. The van der Waals surface area contributed by atoms with Gasteiger partial charge in [-0.05, 0) is 26.2 Å². The molecular weight excluding hydrogens is 369 g/mol. The van der Waals surface area contributed by atoms with E-state index in [4.69, 9.17) is 9.47 Å². The topological polar surface area (TPSA) is 54.9 Å². The van der Waals surface area contributed by atoms with Crippen LogP contribution in [0.4, 0.5) is 0 Å². The van der Waals surface area contributed by atoms with E-state index < -0.39 is 0 Å². The first-order valence-electron chi connectivity index (χ1n) is 7.49. The first-order valence-corrected chi connectivity index (χ1v) is 7.49. The van der Waals surface area contributed by atoms with Crippen LogP contribution in [-0.4, -0.2) is 52.0 Å². The highest BCUT2D eigenvalue weighted by atomic mass is 127. The monoisotopic (exact) mass is 399 g/mol. The van der Waals surface area contributed by atoms with Crippen molar-refractivity contribution in [1.29, 1.82) is 0 Å². The van der Waals surface area contributed by atoms with Crippen LogP contribution in [0, 0.1) is 0 Å². The SMILES string of the molecule is CCNC(=NCCCOC1CCCC1)NCCOC.I. The molecule has 1 saturated carbocycles. The Morgan fingerprint density at radius 1 is 1.20 bits per heavy atom. The minimum absolute atomic E-state index is 0. The van der Waals surface area contributed by atoms with Gasteiger partial charge in [-0.15, -0.1) is 24.0 Å². The molecule has 0 aliphatic heterocycles. The normalized spacial score (nSPS) is 16.0. The fourth-order valence-electron chi connectivity index (χ4n) is 2.17. The Bertz CT molecular complexity index is 247. The molecule has 5 nitrogen and oxygen atoms in total. The first-order chi connectivity index (χ1) is 9.36. The fourth-order valence-corrected chi connectivity index (χ4v) is 2.17. The standard InChI is InChI=1S/C14H29N3O2.HI/c1-3-15-14(17-10-12-18-2)16-9-6-11-19-13-7-4-5-8-13;/h13H,3-12H2,1-2H3,(H2,15,16,17);1H. The number of guanidine groups is 1. The third-order valence-electron chi connectivity index (χ3n) is 3.17. The van der Waals surface area contributed by atoms with Gasteiger partial charge in [-0.3, -0.25) is 4.99 Å². The summed E-state index contributed by atoms with van der Waals surface area (Å²) in [5.74, 6) is 0.861. The zero-order valence-electron chi connectivity index (χ0n) is 12.8. The number of nitrogens with one attached hydrogen (secondary N) is 2. The summed E-state index contributed by atoms with van der Waals surface area (Å²) in [6.07, 6.45) is 6.64. The van der Waals surface area contributed by atoms with Gasteiger partial charge < -0.3 is 20.1 Å². The van der Waals surface area contributed by atoms with E-state index in [1.807, 2.05) is 0 Å². The fraction of sp³-hybridized carbons (Fsp3) is 0.929. The average Bonchev–Trinajstić information content (AvgIpc) is 2.91. The zero-order valence-corrected chi connectivity index (χ0v) is 15.2. The van der Waals surface area contributed by atoms with Crippen LogP contribution >= 0.6 is 24.0 Å². The van der Waals surface area contributed by atoms with E-state index in [9.17, 15) is 0 Å². The van der Waals surface area contributed by atoms with Crippen molar-refractivity contribution in [2.45, 2.75) is 45.1 Å². The number of aliphatic imine (C=N–C) groups is 1. The van der Waals surface area contributed by atoms with Gasteiger partial charge in [-0.25, -0.2) is 0 Å². The summed E-state index contributed by atoms with van der Waals surface area (Å²) >= 11 is 0. The summed E-state index contributed by atoms with van der Waals surface area (Å²) in [5.41, 5.74) is 0. The lowest BCUT2D eigenvalue weighted by Crippen LogP contribution is -2.39. The molecular formula is C14H30IN3O2. The van der Waals surface area contributed by atoms with Gasteiger partial charge in [-0.1, -0.05) is 12.8 Å². The van der Waals surface area contributed by atoms with E-state index >= 15 is 0 Å². The van der Waals surface area contributed by atoms with Crippen LogP contribution in [-0.2, 0) is 9.47 Å². The number of nitrogens with zero attached hydrogens (tertiary/aromatic N) is 1. The molecule has 0 unspecified atom stereocenters. The predicted molar refractivity (Wildman–Crippen MR) is 94.1 cm³/mol. The molecule has 6 heteroatoms. The zero-order chi connectivity index (χ0) is 13.8. The quantitative estimate of drug-likeness (QED) is 0.270. The molecule has 0 saturated heterocycles. The summed E-state index contributed by atoms with van der Waals surface area (Å²) in [7, 11) is 1.70. The van der Waals surface area contributed by atoms with E-state index in [0.717, 1.165) is 38.6 Å². The Balaban J connectivity index is 0.00000361. The van der Waals surface area contributed by atoms with Crippen molar-refractivity contribution in [3.63, 3.8) is 0 Å². The molecule has 1 aliphatic carbocycles. The number of ether oxygens (including phenoxy) is 2. The lowest BCUT2D eigenvalue weighted by molar-refractivity contribution is 0.0579. The third kappa shape index (κ3) is 9.77. The Kier molecular flexibility index (Phi) is 13.8. The number of hydrogen-bond donors (Lipinski definition) is 2. The van der Waals surface area contributed by atoms with Gasteiger partial charge in [0.1, 0.15) is 0 Å². The second-order valence-electron chi connectivity index (χ2n) is 4.81. The van der Waals surface area contributed by atoms with E-state index in [0.29, 0.717) is 12.7 Å². The van der Waals surface area contributed by atoms with Gasteiger partial charge in [0.15, 0.2) is 5.96 Å². The highest BCUT2D eigenvalue weighted by Gasteiger charge is 2.14. The highest BCUT2D eigenvalue weighted by Crippen LogP contribution is 2.20. The molecule has 20 heavy (non-hydrogen) atoms. The van der Waals surface area contributed by atoms with Crippen molar-refractivity contribution >= 4 is 29.9 Å². The summed E-state index contributed by atoms with van der Waals surface area (Å²) in [6, 6.07) is 0. The van der Waals surface area contributed by atoms with Crippen molar-refractivity contribution in [2.75, 3.05) is 40.0 Å². The molecule has 1 fully saturated rings. The molecule has 0 heterocycles. The summed E-state index contributed by atoms with van der Waals surface area (Å²) < 4.78 is 10.8. The lowest BCUT2D eigenvalue weighted by atomic mass is 10.3. The second-order valence-corrected chi connectivity index (χ2v) is 4.81. The minimum Gasteiger partial charge on any atom is -0.383 e. The van der Waals surface area contributed by atoms with E-state index in [1.54, 1.807) is 7.11 Å². The van der Waals surface area contributed by atoms with Gasteiger partial charge >= 0.3 is 0 Å². The Labute approximate surface area is 140 Å². The maximum Gasteiger partial charge on any atom is 0.191 e. The molecule has 0 aromatic carbocycles. The van der Waals surface area contributed by atoms with E-state index in [-0.39, 0.29) is 24.0 Å². The van der Waals surface area contributed by atoms with Crippen LogP contribution in [0.15, 0.2) is 4.99 Å². The number of methoxy groups -OCH3 is 1. The Hall–Kier alpha value is -0.0800. The summed E-state index contributed by atoms with van der Waals surface area (Å²) in [4.78, 5) is 4.51. The number of hydrogen-bond acceptors (Lipinski definition) is 3. The molecule has 0 aromatic heterocycles. The van der Waals surface area contributed by atoms with Crippen molar-refractivity contribution < 1.29 is 9.47 Å². The van der Waals surface area contributed by atoms with Crippen LogP contribution in [0.2, 0.25) is 0 Å². The molecule has 0 amide bonds. The molecule has 1 aliphatic rings. The third-order valence-corrected chi connectivity index (χ3v) is 3.17. The summed E-state index contributed by atoms with van der Waals surface area (Å²) in [5, 5.41) is 6.44. The van der Waals surface area contributed by atoms with Crippen LogP contribution in [0.1, 0.15) is 39.0 Å². The maximum absolute atomic E-state index is 5.81. The largest absolute Gasteiger partial charge is 0.383 e. The lowest BCUT2D eigenvalue weighted by Gasteiger charge is -2.12. The van der Waals surface area contributed by atoms with Crippen molar-refractivity contribution in [2.24, 2.45) is 4.99 Å². The summed E-state index contributed by atoms with van der Waals surface area (Å²) in [6.45, 7) is 6.03. The van der Waals surface area contributed by atoms with Crippen molar-refractivity contribution in [3.8, 4) is 0 Å². The first kappa shape index (κ1) is 19.9. The van der Waals surface area contributed by atoms with Crippen LogP contribution in [0.25, 0.3) is 0 Å². The van der Waals surface area contributed by atoms with E-state index in [1.165, 1.54) is 25.7 Å². The molecule has 0 radical (unpaired) electrons. The Morgan fingerprint density at radius 2 is 1.95 bits per heavy atom. The molecule has 0 atom stereocenters. The second kappa shape index (κ2) is 13.9.